The van der Waals surface area contributed by atoms with Gasteiger partial charge in [-0.05, 0) is 29.9 Å². The van der Waals surface area contributed by atoms with Crippen LogP contribution >= 0.6 is 23.1 Å². The van der Waals surface area contributed by atoms with Crippen molar-refractivity contribution in [2.45, 2.75) is 25.7 Å². The van der Waals surface area contributed by atoms with Crippen molar-refractivity contribution in [3.63, 3.8) is 0 Å². The first-order chi connectivity index (χ1) is 9.10. The predicted octanol–water partition coefficient (Wildman–Crippen LogP) is 2.94. The van der Waals surface area contributed by atoms with Gasteiger partial charge >= 0.3 is 0 Å². The Kier molecular flexibility index (Phi) is 7.31. The number of guanidine groups is 1. The van der Waals surface area contributed by atoms with E-state index in [1.165, 1.54) is 10.6 Å². The topological polar surface area (TPSA) is 36.4 Å². The average Bonchev–Trinajstić information content (AvgIpc) is 2.92. The summed E-state index contributed by atoms with van der Waals surface area (Å²) in [5, 5.41) is 8.90. The van der Waals surface area contributed by atoms with Crippen LogP contribution in [0.1, 0.15) is 25.1 Å². The second-order valence-electron chi connectivity index (χ2n) is 5.06. The van der Waals surface area contributed by atoms with E-state index in [0.717, 1.165) is 25.5 Å². The van der Waals surface area contributed by atoms with E-state index in [0.29, 0.717) is 0 Å². The molecule has 0 aliphatic rings. The van der Waals surface area contributed by atoms with E-state index in [9.17, 15) is 0 Å². The molecule has 0 saturated heterocycles. The highest BCUT2D eigenvalue weighted by atomic mass is 32.2. The van der Waals surface area contributed by atoms with Gasteiger partial charge in [-0.2, -0.15) is 11.8 Å². The van der Waals surface area contributed by atoms with Crippen molar-refractivity contribution in [3.8, 4) is 0 Å². The van der Waals surface area contributed by atoms with Crippen molar-refractivity contribution in [2.24, 2.45) is 4.99 Å². The molecular formula is C14H25N3S2. The summed E-state index contributed by atoms with van der Waals surface area (Å²) in [5.41, 5.74) is 0.130. The molecule has 2 N–H and O–H groups in total. The van der Waals surface area contributed by atoms with Crippen LogP contribution in [-0.4, -0.2) is 38.1 Å². The minimum absolute atomic E-state index is 0.130. The monoisotopic (exact) mass is 299 g/mol. The lowest BCUT2D eigenvalue weighted by atomic mass is 9.91. The number of nitrogens with one attached hydrogen (secondary N) is 2. The van der Waals surface area contributed by atoms with E-state index in [1.807, 2.05) is 30.1 Å². The molecule has 1 heterocycles. The Morgan fingerprint density at radius 2 is 2.21 bits per heavy atom. The van der Waals surface area contributed by atoms with Gasteiger partial charge in [0.15, 0.2) is 5.96 Å². The largest absolute Gasteiger partial charge is 0.356 e. The third-order valence-electron chi connectivity index (χ3n) is 2.93. The number of thioether (sulfide) groups is 1. The predicted molar refractivity (Wildman–Crippen MR) is 89.7 cm³/mol. The Bertz CT molecular complexity index is 372. The summed E-state index contributed by atoms with van der Waals surface area (Å²) in [5.74, 6) is 2.08. The summed E-state index contributed by atoms with van der Waals surface area (Å²) in [7, 11) is 1.82. The van der Waals surface area contributed by atoms with Crippen LogP contribution in [0.2, 0.25) is 0 Å². The number of hydrogen-bond acceptors (Lipinski definition) is 3. The van der Waals surface area contributed by atoms with Crippen LogP contribution in [0.25, 0.3) is 0 Å². The van der Waals surface area contributed by atoms with Crippen LogP contribution in [0.15, 0.2) is 22.5 Å². The Morgan fingerprint density at radius 1 is 1.42 bits per heavy atom. The van der Waals surface area contributed by atoms with Crippen LogP contribution in [0.3, 0.4) is 0 Å². The van der Waals surface area contributed by atoms with Crippen LogP contribution in [0.5, 0.6) is 0 Å². The molecule has 3 nitrogen and oxygen atoms in total. The summed E-state index contributed by atoms with van der Waals surface area (Å²) >= 11 is 3.69. The molecule has 5 heteroatoms. The Morgan fingerprint density at radius 3 is 2.79 bits per heavy atom. The molecular weight excluding hydrogens is 274 g/mol. The molecule has 0 unspecified atom stereocenters. The molecule has 0 radical (unpaired) electrons. The zero-order valence-corrected chi connectivity index (χ0v) is 14.0. The molecule has 1 rings (SSSR count). The van der Waals surface area contributed by atoms with E-state index >= 15 is 0 Å². The molecule has 1 aromatic heterocycles. The van der Waals surface area contributed by atoms with Gasteiger partial charge in [0.2, 0.25) is 0 Å². The summed E-state index contributed by atoms with van der Waals surface area (Å²) in [6.45, 7) is 6.37. The lowest BCUT2D eigenvalue weighted by Gasteiger charge is -2.25. The Balaban J connectivity index is 2.37. The highest BCUT2D eigenvalue weighted by Crippen LogP contribution is 2.26. The molecule has 0 amide bonds. The van der Waals surface area contributed by atoms with Gasteiger partial charge < -0.3 is 10.6 Å². The maximum absolute atomic E-state index is 4.26. The third kappa shape index (κ3) is 5.87. The van der Waals surface area contributed by atoms with Gasteiger partial charge in [-0.3, -0.25) is 4.99 Å². The van der Waals surface area contributed by atoms with E-state index in [-0.39, 0.29) is 5.41 Å². The zero-order valence-electron chi connectivity index (χ0n) is 12.3. The first-order valence-corrected chi connectivity index (χ1v) is 8.85. The number of aliphatic imine (C=N–C) groups is 1. The number of nitrogens with zero attached hydrogens (tertiary/aromatic N) is 1. The second kappa shape index (κ2) is 8.48. The minimum Gasteiger partial charge on any atom is -0.356 e. The molecule has 1 aromatic rings. The maximum Gasteiger partial charge on any atom is 0.191 e. The third-order valence-corrected chi connectivity index (χ3v) is 4.86. The first-order valence-electron chi connectivity index (χ1n) is 6.57. The summed E-state index contributed by atoms with van der Waals surface area (Å²) in [4.78, 5) is 5.66. The summed E-state index contributed by atoms with van der Waals surface area (Å²) < 4.78 is 0. The SMILES string of the molecule is CN=C(NCCCSC)NCC(C)(C)c1cccs1. The van der Waals surface area contributed by atoms with Gasteiger partial charge in [-0.15, -0.1) is 11.3 Å². The number of hydrogen-bond donors (Lipinski definition) is 2. The lowest BCUT2D eigenvalue weighted by Crippen LogP contribution is -2.43. The lowest BCUT2D eigenvalue weighted by molar-refractivity contribution is 0.518. The van der Waals surface area contributed by atoms with Crippen molar-refractivity contribution in [2.75, 3.05) is 32.1 Å². The van der Waals surface area contributed by atoms with E-state index in [1.54, 1.807) is 0 Å². The van der Waals surface area contributed by atoms with Crippen molar-refractivity contribution < 1.29 is 0 Å². The Labute approximate surface area is 125 Å². The van der Waals surface area contributed by atoms with Crippen LogP contribution in [0, 0.1) is 0 Å². The van der Waals surface area contributed by atoms with Gasteiger partial charge in [-0.25, -0.2) is 0 Å². The highest BCUT2D eigenvalue weighted by molar-refractivity contribution is 7.98. The van der Waals surface area contributed by atoms with Crippen LogP contribution in [0.4, 0.5) is 0 Å². The van der Waals surface area contributed by atoms with Gasteiger partial charge in [0.05, 0.1) is 0 Å². The molecule has 0 aliphatic heterocycles. The first kappa shape index (κ1) is 16.4. The normalized spacial score (nSPS) is 12.5. The van der Waals surface area contributed by atoms with Crippen LogP contribution < -0.4 is 10.6 Å². The summed E-state index contributed by atoms with van der Waals surface area (Å²) in [6, 6.07) is 4.30. The maximum atomic E-state index is 4.26. The molecule has 108 valence electrons. The van der Waals surface area contributed by atoms with Crippen molar-refractivity contribution in [1.29, 1.82) is 0 Å². The smallest absolute Gasteiger partial charge is 0.191 e. The van der Waals surface area contributed by atoms with Gasteiger partial charge in [0.1, 0.15) is 0 Å². The molecule has 0 aliphatic carbocycles. The van der Waals surface area contributed by atoms with Gasteiger partial charge in [0, 0.05) is 30.4 Å². The molecule has 0 fully saturated rings. The minimum atomic E-state index is 0.130. The molecule has 0 bridgehead atoms. The van der Waals surface area contributed by atoms with E-state index in [4.69, 9.17) is 0 Å². The Hall–Kier alpha value is -0.680. The highest BCUT2D eigenvalue weighted by Gasteiger charge is 2.21. The van der Waals surface area contributed by atoms with Gasteiger partial charge in [-0.1, -0.05) is 19.9 Å². The standard InChI is InChI=1S/C14H25N3S2/c1-14(2,12-7-5-10-19-12)11-17-13(15-3)16-8-6-9-18-4/h5,7,10H,6,8-9,11H2,1-4H3,(H2,15,16,17). The van der Waals surface area contributed by atoms with Crippen molar-refractivity contribution in [1.82, 2.24) is 10.6 Å². The average molecular weight is 300 g/mol. The fourth-order valence-electron chi connectivity index (χ4n) is 1.70. The molecule has 0 saturated carbocycles. The van der Waals surface area contributed by atoms with E-state index in [2.05, 4.69) is 53.2 Å². The quantitative estimate of drug-likeness (QED) is 0.462. The number of thiophene rings is 1. The number of rotatable bonds is 7. The molecule has 0 spiro atoms. The second-order valence-corrected chi connectivity index (χ2v) is 6.99. The van der Waals surface area contributed by atoms with Crippen molar-refractivity contribution in [3.05, 3.63) is 22.4 Å². The zero-order chi connectivity index (χ0) is 14.1. The van der Waals surface area contributed by atoms with Crippen molar-refractivity contribution >= 4 is 29.1 Å². The fourth-order valence-corrected chi connectivity index (χ4v) is 2.98. The van der Waals surface area contributed by atoms with Crippen LogP contribution in [-0.2, 0) is 5.41 Å². The van der Waals surface area contributed by atoms with Gasteiger partial charge in [0.25, 0.3) is 0 Å². The molecule has 0 atom stereocenters. The molecule has 19 heavy (non-hydrogen) atoms. The summed E-state index contributed by atoms with van der Waals surface area (Å²) in [6.07, 6.45) is 3.30. The van der Waals surface area contributed by atoms with E-state index < -0.39 is 0 Å². The molecule has 0 aromatic carbocycles. The fraction of sp³-hybridized carbons (Fsp3) is 0.643.